The highest BCUT2D eigenvalue weighted by molar-refractivity contribution is 5.89. The summed E-state index contributed by atoms with van der Waals surface area (Å²) in [5.74, 6) is 0.619. The van der Waals surface area contributed by atoms with Gasteiger partial charge in [0.15, 0.2) is 0 Å². The SMILES string of the molecule is CC(=O)Nc1cccc(Nc2cccc(-c3cnn4ccccc34)n2)c1. The van der Waals surface area contributed by atoms with E-state index in [0.29, 0.717) is 0 Å². The lowest BCUT2D eigenvalue weighted by atomic mass is 10.2. The molecule has 0 saturated heterocycles. The first-order valence-corrected chi connectivity index (χ1v) is 8.23. The third-order valence-corrected chi connectivity index (χ3v) is 3.91. The van der Waals surface area contributed by atoms with E-state index in [-0.39, 0.29) is 5.91 Å². The Kier molecular flexibility index (Phi) is 4.07. The van der Waals surface area contributed by atoms with E-state index < -0.39 is 0 Å². The molecule has 6 heteroatoms. The second kappa shape index (κ2) is 6.68. The fourth-order valence-electron chi connectivity index (χ4n) is 2.81. The van der Waals surface area contributed by atoms with E-state index >= 15 is 0 Å². The molecule has 26 heavy (non-hydrogen) atoms. The number of nitrogens with zero attached hydrogens (tertiary/aromatic N) is 3. The van der Waals surface area contributed by atoms with Crippen LogP contribution in [0.5, 0.6) is 0 Å². The van der Waals surface area contributed by atoms with E-state index in [2.05, 4.69) is 15.7 Å². The third kappa shape index (κ3) is 3.25. The van der Waals surface area contributed by atoms with Gasteiger partial charge in [0, 0.05) is 30.1 Å². The average molecular weight is 343 g/mol. The van der Waals surface area contributed by atoms with Crippen LogP contribution in [-0.2, 0) is 4.79 Å². The van der Waals surface area contributed by atoms with Crippen LogP contribution in [0, 0.1) is 0 Å². The highest BCUT2D eigenvalue weighted by Gasteiger charge is 2.08. The van der Waals surface area contributed by atoms with E-state index in [1.54, 1.807) is 0 Å². The summed E-state index contributed by atoms with van der Waals surface area (Å²) in [6.45, 7) is 1.49. The predicted molar refractivity (Wildman–Crippen MR) is 102 cm³/mol. The molecule has 2 N–H and O–H groups in total. The molecule has 0 aliphatic carbocycles. The molecule has 1 aromatic carbocycles. The second-order valence-corrected chi connectivity index (χ2v) is 5.88. The van der Waals surface area contributed by atoms with Crippen molar-refractivity contribution in [2.24, 2.45) is 0 Å². The van der Waals surface area contributed by atoms with E-state index in [9.17, 15) is 4.79 Å². The number of amides is 1. The van der Waals surface area contributed by atoms with Gasteiger partial charge in [-0.3, -0.25) is 4.79 Å². The van der Waals surface area contributed by atoms with Crippen LogP contribution in [0.2, 0.25) is 0 Å². The minimum atomic E-state index is -0.102. The lowest BCUT2D eigenvalue weighted by Gasteiger charge is -2.09. The fraction of sp³-hybridized carbons (Fsp3) is 0.0500. The Labute approximate surface area is 150 Å². The standard InChI is InChI=1S/C20H17N5O/c1-14(26)22-15-6-4-7-16(12-15)23-20-10-5-8-18(24-20)17-13-21-25-11-3-2-9-19(17)25/h2-13H,1H3,(H,22,26)(H,23,24). The van der Waals surface area contributed by atoms with Gasteiger partial charge < -0.3 is 10.6 Å². The lowest BCUT2D eigenvalue weighted by molar-refractivity contribution is -0.114. The number of carbonyl (C=O) groups is 1. The minimum absolute atomic E-state index is 0.102. The maximum absolute atomic E-state index is 11.2. The van der Waals surface area contributed by atoms with Crippen molar-refractivity contribution in [1.82, 2.24) is 14.6 Å². The van der Waals surface area contributed by atoms with Crippen molar-refractivity contribution in [3.8, 4) is 11.3 Å². The predicted octanol–water partition coefficient (Wildman–Crippen LogP) is 4.10. The molecule has 0 aliphatic rings. The third-order valence-electron chi connectivity index (χ3n) is 3.91. The first-order valence-electron chi connectivity index (χ1n) is 8.23. The van der Waals surface area contributed by atoms with Crippen molar-refractivity contribution < 1.29 is 4.79 Å². The van der Waals surface area contributed by atoms with Crippen molar-refractivity contribution in [3.05, 3.63) is 73.1 Å². The maximum atomic E-state index is 11.2. The lowest BCUT2D eigenvalue weighted by Crippen LogP contribution is -2.05. The zero-order valence-electron chi connectivity index (χ0n) is 14.2. The van der Waals surface area contributed by atoms with E-state index in [4.69, 9.17) is 4.98 Å². The number of benzene rings is 1. The van der Waals surface area contributed by atoms with Crippen molar-refractivity contribution in [2.45, 2.75) is 6.92 Å². The van der Waals surface area contributed by atoms with Gasteiger partial charge in [-0.2, -0.15) is 5.10 Å². The number of hydrogen-bond acceptors (Lipinski definition) is 4. The number of aromatic nitrogens is 3. The number of anilines is 3. The Morgan fingerprint density at radius 2 is 1.85 bits per heavy atom. The van der Waals surface area contributed by atoms with Crippen LogP contribution >= 0.6 is 0 Å². The summed E-state index contributed by atoms with van der Waals surface area (Å²) in [6.07, 6.45) is 3.73. The molecule has 128 valence electrons. The minimum Gasteiger partial charge on any atom is -0.340 e. The molecule has 3 aromatic heterocycles. The summed E-state index contributed by atoms with van der Waals surface area (Å²) in [6, 6.07) is 19.3. The molecule has 0 bridgehead atoms. The molecule has 4 rings (SSSR count). The number of fused-ring (bicyclic) bond motifs is 1. The average Bonchev–Trinajstić information content (AvgIpc) is 3.06. The van der Waals surface area contributed by atoms with E-state index in [0.717, 1.165) is 34.0 Å². The Morgan fingerprint density at radius 3 is 2.73 bits per heavy atom. The van der Waals surface area contributed by atoms with Gasteiger partial charge in [0.25, 0.3) is 0 Å². The highest BCUT2D eigenvalue weighted by Crippen LogP contribution is 2.25. The van der Waals surface area contributed by atoms with Crippen molar-refractivity contribution in [2.75, 3.05) is 10.6 Å². The summed E-state index contributed by atoms with van der Waals surface area (Å²) in [5, 5.41) is 10.4. The van der Waals surface area contributed by atoms with Crippen LogP contribution in [0.15, 0.2) is 73.1 Å². The van der Waals surface area contributed by atoms with Gasteiger partial charge in [0.1, 0.15) is 5.82 Å². The largest absolute Gasteiger partial charge is 0.340 e. The van der Waals surface area contributed by atoms with Gasteiger partial charge in [0.05, 0.1) is 17.4 Å². The first kappa shape index (κ1) is 15.8. The van der Waals surface area contributed by atoms with Crippen LogP contribution in [0.4, 0.5) is 17.2 Å². The Bertz CT molecular complexity index is 1090. The van der Waals surface area contributed by atoms with Gasteiger partial charge in [0.2, 0.25) is 5.91 Å². The van der Waals surface area contributed by atoms with Crippen molar-refractivity contribution in [1.29, 1.82) is 0 Å². The summed E-state index contributed by atoms with van der Waals surface area (Å²) in [5.41, 5.74) is 4.40. The smallest absolute Gasteiger partial charge is 0.221 e. The van der Waals surface area contributed by atoms with Gasteiger partial charge in [-0.05, 0) is 42.5 Å². The normalized spacial score (nSPS) is 10.7. The van der Waals surface area contributed by atoms with Gasteiger partial charge >= 0.3 is 0 Å². The number of rotatable bonds is 4. The summed E-state index contributed by atoms with van der Waals surface area (Å²) < 4.78 is 1.83. The number of pyridine rings is 2. The number of carbonyl (C=O) groups excluding carboxylic acids is 1. The molecule has 0 unspecified atom stereocenters. The zero-order valence-corrected chi connectivity index (χ0v) is 14.2. The summed E-state index contributed by atoms with van der Waals surface area (Å²) in [7, 11) is 0. The summed E-state index contributed by atoms with van der Waals surface area (Å²) in [4.78, 5) is 15.9. The van der Waals surface area contributed by atoms with Crippen molar-refractivity contribution in [3.63, 3.8) is 0 Å². The van der Waals surface area contributed by atoms with Gasteiger partial charge in [-0.15, -0.1) is 0 Å². The Balaban J connectivity index is 1.63. The maximum Gasteiger partial charge on any atom is 0.221 e. The number of nitrogens with one attached hydrogen (secondary N) is 2. The quantitative estimate of drug-likeness (QED) is 0.585. The van der Waals surface area contributed by atoms with Gasteiger partial charge in [-0.25, -0.2) is 9.50 Å². The van der Waals surface area contributed by atoms with Crippen LogP contribution in [0.25, 0.3) is 16.8 Å². The van der Waals surface area contributed by atoms with E-state index in [1.807, 2.05) is 77.6 Å². The monoisotopic (exact) mass is 343 g/mol. The molecule has 0 saturated carbocycles. The molecule has 1 amide bonds. The molecule has 0 atom stereocenters. The van der Waals surface area contributed by atoms with E-state index in [1.165, 1.54) is 6.92 Å². The molecular formula is C20H17N5O. The zero-order chi connectivity index (χ0) is 17.9. The van der Waals surface area contributed by atoms with Crippen LogP contribution in [0.3, 0.4) is 0 Å². The highest BCUT2D eigenvalue weighted by atomic mass is 16.1. The molecule has 6 nitrogen and oxygen atoms in total. The number of hydrogen-bond donors (Lipinski definition) is 2. The first-order chi connectivity index (χ1) is 12.7. The Hall–Kier alpha value is -3.67. The molecule has 3 heterocycles. The molecule has 0 spiro atoms. The molecular weight excluding hydrogens is 326 g/mol. The molecule has 0 radical (unpaired) electrons. The van der Waals surface area contributed by atoms with Crippen LogP contribution in [0.1, 0.15) is 6.92 Å². The second-order valence-electron chi connectivity index (χ2n) is 5.88. The van der Waals surface area contributed by atoms with Gasteiger partial charge in [-0.1, -0.05) is 18.2 Å². The van der Waals surface area contributed by atoms with Crippen molar-refractivity contribution >= 4 is 28.6 Å². The molecule has 0 aliphatic heterocycles. The fourth-order valence-corrected chi connectivity index (χ4v) is 2.81. The Morgan fingerprint density at radius 1 is 1.00 bits per heavy atom. The summed E-state index contributed by atoms with van der Waals surface area (Å²) >= 11 is 0. The topological polar surface area (TPSA) is 71.3 Å². The molecule has 0 fully saturated rings. The molecule has 4 aromatic rings. The van der Waals surface area contributed by atoms with Crippen LogP contribution < -0.4 is 10.6 Å². The van der Waals surface area contributed by atoms with Crippen LogP contribution in [-0.4, -0.2) is 20.5 Å².